The van der Waals surface area contributed by atoms with Gasteiger partial charge < -0.3 is 9.73 Å². The summed E-state index contributed by atoms with van der Waals surface area (Å²) in [5, 5.41) is 3.42. The Balaban J connectivity index is 1.78. The van der Waals surface area contributed by atoms with Gasteiger partial charge in [-0.3, -0.25) is 4.90 Å². The van der Waals surface area contributed by atoms with Crippen molar-refractivity contribution in [1.29, 1.82) is 0 Å². The Kier molecular flexibility index (Phi) is 6.31. The van der Waals surface area contributed by atoms with E-state index in [9.17, 15) is 0 Å². The van der Waals surface area contributed by atoms with Gasteiger partial charge in [0.1, 0.15) is 5.76 Å². The van der Waals surface area contributed by atoms with E-state index >= 15 is 0 Å². The normalized spacial score (nSPS) is 19.0. The third-order valence-electron chi connectivity index (χ3n) is 5.26. The SMILES string of the molecule is CCCNCc1coc(CN2CCC(CC)(CC)CC2)c1. The minimum absolute atomic E-state index is 0.606. The molecule has 1 saturated heterocycles. The van der Waals surface area contributed by atoms with Crippen LogP contribution in [0.4, 0.5) is 0 Å². The van der Waals surface area contributed by atoms with Gasteiger partial charge in [-0.25, -0.2) is 0 Å². The van der Waals surface area contributed by atoms with Gasteiger partial charge >= 0.3 is 0 Å². The third kappa shape index (κ3) is 4.58. The van der Waals surface area contributed by atoms with E-state index in [1.165, 1.54) is 50.8 Å². The molecule has 2 heterocycles. The second kappa shape index (κ2) is 8.00. The van der Waals surface area contributed by atoms with Crippen LogP contribution in [0.5, 0.6) is 0 Å². The molecule has 1 aliphatic rings. The van der Waals surface area contributed by atoms with E-state index in [-0.39, 0.29) is 0 Å². The van der Waals surface area contributed by atoms with Crippen LogP contribution in [-0.4, -0.2) is 24.5 Å². The standard InChI is InChI=1S/C18H32N2O/c1-4-9-19-13-16-12-17(21-15-16)14-20-10-7-18(5-2,6-3)8-11-20/h12,15,19H,4-11,13-14H2,1-3H3. The van der Waals surface area contributed by atoms with Crippen molar-refractivity contribution in [3.8, 4) is 0 Å². The molecule has 1 aromatic heterocycles. The zero-order valence-electron chi connectivity index (χ0n) is 14.1. The predicted octanol–water partition coefficient (Wildman–Crippen LogP) is 4.18. The van der Waals surface area contributed by atoms with Crippen LogP contribution in [0, 0.1) is 5.41 Å². The Bertz CT molecular complexity index is 399. The van der Waals surface area contributed by atoms with Gasteiger partial charge in [0.2, 0.25) is 0 Å². The summed E-state index contributed by atoms with van der Waals surface area (Å²) in [6.45, 7) is 12.3. The number of hydrogen-bond donors (Lipinski definition) is 1. The van der Waals surface area contributed by atoms with Crippen LogP contribution in [0.1, 0.15) is 64.2 Å². The summed E-state index contributed by atoms with van der Waals surface area (Å²) < 4.78 is 5.72. The highest BCUT2D eigenvalue weighted by molar-refractivity contribution is 5.12. The molecule has 2 rings (SSSR count). The van der Waals surface area contributed by atoms with E-state index < -0.39 is 0 Å². The van der Waals surface area contributed by atoms with E-state index in [1.807, 2.05) is 6.26 Å². The van der Waals surface area contributed by atoms with E-state index in [0.29, 0.717) is 5.41 Å². The summed E-state index contributed by atoms with van der Waals surface area (Å²) in [5.41, 5.74) is 1.88. The van der Waals surface area contributed by atoms with Crippen molar-refractivity contribution in [1.82, 2.24) is 10.2 Å². The minimum atomic E-state index is 0.606. The molecule has 120 valence electrons. The monoisotopic (exact) mass is 292 g/mol. The molecule has 3 heteroatoms. The number of likely N-dealkylation sites (tertiary alicyclic amines) is 1. The van der Waals surface area contributed by atoms with Crippen LogP contribution in [-0.2, 0) is 13.1 Å². The fourth-order valence-electron chi connectivity index (χ4n) is 3.37. The van der Waals surface area contributed by atoms with Crippen LogP contribution >= 0.6 is 0 Å². The first-order valence-electron chi connectivity index (χ1n) is 8.70. The number of rotatable bonds is 8. The van der Waals surface area contributed by atoms with Crippen molar-refractivity contribution in [2.24, 2.45) is 5.41 Å². The Labute approximate surface area is 130 Å². The highest BCUT2D eigenvalue weighted by Crippen LogP contribution is 2.38. The molecule has 0 radical (unpaired) electrons. The second-order valence-electron chi connectivity index (χ2n) is 6.58. The summed E-state index contributed by atoms with van der Waals surface area (Å²) in [6.07, 6.45) is 8.41. The Morgan fingerprint density at radius 3 is 2.52 bits per heavy atom. The number of nitrogens with one attached hydrogen (secondary N) is 1. The average molecular weight is 292 g/mol. The molecule has 0 aliphatic carbocycles. The molecular weight excluding hydrogens is 260 g/mol. The van der Waals surface area contributed by atoms with Crippen molar-refractivity contribution in [2.45, 2.75) is 66.0 Å². The molecular formula is C18H32N2O. The van der Waals surface area contributed by atoms with E-state index in [2.05, 4.69) is 37.1 Å². The fourth-order valence-corrected chi connectivity index (χ4v) is 3.37. The average Bonchev–Trinajstić information content (AvgIpc) is 2.96. The molecule has 21 heavy (non-hydrogen) atoms. The Morgan fingerprint density at radius 1 is 1.19 bits per heavy atom. The maximum atomic E-state index is 5.72. The van der Waals surface area contributed by atoms with Crippen molar-refractivity contribution < 1.29 is 4.42 Å². The molecule has 0 unspecified atom stereocenters. The topological polar surface area (TPSA) is 28.4 Å². The summed E-state index contributed by atoms with van der Waals surface area (Å²) in [6, 6.07) is 2.21. The van der Waals surface area contributed by atoms with Crippen LogP contribution in [0.25, 0.3) is 0 Å². The molecule has 0 spiro atoms. The van der Waals surface area contributed by atoms with Crippen molar-refractivity contribution in [2.75, 3.05) is 19.6 Å². The first kappa shape index (κ1) is 16.6. The summed E-state index contributed by atoms with van der Waals surface area (Å²) >= 11 is 0. The lowest BCUT2D eigenvalue weighted by Gasteiger charge is -2.40. The highest BCUT2D eigenvalue weighted by atomic mass is 16.3. The Hall–Kier alpha value is -0.800. The van der Waals surface area contributed by atoms with Gasteiger partial charge in [0, 0.05) is 12.1 Å². The number of hydrogen-bond acceptors (Lipinski definition) is 3. The first-order chi connectivity index (χ1) is 10.2. The fraction of sp³-hybridized carbons (Fsp3) is 0.778. The zero-order chi connectivity index (χ0) is 15.1. The third-order valence-corrected chi connectivity index (χ3v) is 5.26. The van der Waals surface area contributed by atoms with Crippen molar-refractivity contribution in [3.05, 3.63) is 23.7 Å². The van der Waals surface area contributed by atoms with Crippen LogP contribution < -0.4 is 5.32 Å². The van der Waals surface area contributed by atoms with Gasteiger partial charge in [-0.1, -0.05) is 33.6 Å². The van der Waals surface area contributed by atoms with Gasteiger partial charge in [0.05, 0.1) is 12.8 Å². The lowest BCUT2D eigenvalue weighted by molar-refractivity contribution is 0.0863. The molecule has 0 atom stereocenters. The van der Waals surface area contributed by atoms with E-state index in [4.69, 9.17) is 4.42 Å². The highest BCUT2D eigenvalue weighted by Gasteiger charge is 2.31. The number of furan rings is 1. The first-order valence-corrected chi connectivity index (χ1v) is 8.70. The molecule has 0 aromatic carbocycles. The lowest BCUT2D eigenvalue weighted by atomic mass is 9.74. The van der Waals surface area contributed by atoms with E-state index in [0.717, 1.165) is 25.4 Å². The van der Waals surface area contributed by atoms with Crippen molar-refractivity contribution >= 4 is 0 Å². The quantitative estimate of drug-likeness (QED) is 0.729. The van der Waals surface area contributed by atoms with Crippen LogP contribution in [0.15, 0.2) is 16.7 Å². The number of nitrogens with zero attached hydrogens (tertiary/aromatic N) is 1. The maximum Gasteiger partial charge on any atom is 0.118 e. The molecule has 0 saturated carbocycles. The van der Waals surface area contributed by atoms with Gasteiger partial charge in [-0.15, -0.1) is 0 Å². The Morgan fingerprint density at radius 2 is 1.90 bits per heavy atom. The molecule has 1 N–H and O–H groups in total. The van der Waals surface area contributed by atoms with E-state index in [1.54, 1.807) is 0 Å². The van der Waals surface area contributed by atoms with Crippen molar-refractivity contribution in [3.63, 3.8) is 0 Å². The van der Waals surface area contributed by atoms with Gasteiger partial charge in [-0.05, 0) is 50.4 Å². The van der Waals surface area contributed by atoms with Gasteiger partial charge in [0.25, 0.3) is 0 Å². The molecule has 3 nitrogen and oxygen atoms in total. The zero-order valence-corrected chi connectivity index (χ0v) is 14.1. The molecule has 1 aromatic rings. The smallest absolute Gasteiger partial charge is 0.118 e. The lowest BCUT2D eigenvalue weighted by Crippen LogP contribution is -2.39. The maximum absolute atomic E-state index is 5.72. The second-order valence-corrected chi connectivity index (χ2v) is 6.58. The molecule has 0 bridgehead atoms. The molecule has 1 aliphatic heterocycles. The largest absolute Gasteiger partial charge is 0.468 e. The summed E-state index contributed by atoms with van der Waals surface area (Å²) in [5.74, 6) is 1.11. The summed E-state index contributed by atoms with van der Waals surface area (Å²) in [7, 11) is 0. The minimum Gasteiger partial charge on any atom is -0.468 e. The molecule has 1 fully saturated rings. The van der Waals surface area contributed by atoms with Gasteiger partial charge in [0.15, 0.2) is 0 Å². The summed E-state index contributed by atoms with van der Waals surface area (Å²) in [4.78, 5) is 2.55. The van der Waals surface area contributed by atoms with Crippen LogP contribution in [0.3, 0.4) is 0 Å². The predicted molar refractivity (Wildman–Crippen MR) is 88.2 cm³/mol. The molecule has 0 amide bonds. The van der Waals surface area contributed by atoms with Gasteiger partial charge in [-0.2, -0.15) is 0 Å². The van der Waals surface area contributed by atoms with Crippen LogP contribution in [0.2, 0.25) is 0 Å². The number of piperidine rings is 1.